The Labute approximate surface area is 225 Å². The van der Waals surface area contributed by atoms with Crippen LogP contribution in [0.3, 0.4) is 0 Å². The van der Waals surface area contributed by atoms with Crippen molar-refractivity contribution < 1.29 is 28.3 Å². The summed E-state index contributed by atoms with van der Waals surface area (Å²) in [6.07, 6.45) is 6.42. The van der Waals surface area contributed by atoms with Crippen molar-refractivity contribution in [3.63, 3.8) is 0 Å². The minimum Gasteiger partial charge on any atom is -0.478 e. The lowest BCUT2D eigenvalue weighted by Crippen LogP contribution is -2.35. The molecule has 4 aromatic rings. The predicted molar refractivity (Wildman–Crippen MR) is 146 cm³/mol. The van der Waals surface area contributed by atoms with Crippen molar-refractivity contribution in [1.29, 1.82) is 0 Å². The Morgan fingerprint density at radius 2 is 1.85 bits per heavy atom. The summed E-state index contributed by atoms with van der Waals surface area (Å²) in [6.45, 7) is 0.229. The van der Waals surface area contributed by atoms with E-state index in [9.17, 15) is 23.1 Å². The minimum atomic E-state index is -3.98. The fourth-order valence-corrected chi connectivity index (χ4v) is 6.78. The van der Waals surface area contributed by atoms with Crippen molar-refractivity contribution in [2.75, 3.05) is 6.54 Å². The van der Waals surface area contributed by atoms with Gasteiger partial charge in [-0.2, -0.15) is 4.31 Å². The van der Waals surface area contributed by atoms with Gasteiger partial charge in [-0.3, -0.25) is 10.0 Å². The molecule has 9 nitrogen and oxygen atoms in total. The van der Waals surface area contributed by atoms with Gasteiger partial charge in [0.05, 0.1) is 16.5 Å². The van der Waals surface area contributed by atoms with Gasteiger partial charge in [0.15, 0.2) is 0 Å². The van der Waals surface area contributed by atoms with Crippen LogP contribution in [-0.4, -0.2) is 46.4 Å². The molecule has 0 saturated heterocycles. The van der Waals surface area contributed by atoms with Crippen LogP contribution in [0.25, 0.3) is 17.0 Å². The summed E-state index contributed by atoms with van der Waals surface area (Å²) in [6, 6.07) is 18.3. The SMILES string of the molecule is O=C(C=Cc1ccc2c(c1)CCC2N(CCc1c[nH]c2ccccc12)S(=O)(=O)c1ccc(C(=O)O)cc1)NO. The van der Waals surface area contributed by atoms with Crippen molar-refractivity contribution in [2.24, 2.45) is 0 Å². The lowest BCUT2D eigenvalue weighted by atomic mass is 10.0. The predicted octanol–water partition coefficient (Wildman–Crippen LogP) is 4.31. The van der Waals surface area contributed by atoms with Crippen LogP contribution in [0.4, 0.5) is 0 Å². The number of carboxylic acids is 1. The zero-order chi connectivity index (χ0) is 27.6. The number of carbonyl (C=O) groups excluding carboxylic acids is 1. The lowest BCUT2D eigenvalue weighted by Gasteiger charge is -2.29. The highest BCUT2D eigenvalue weighted by molar-refractivity contribution is 7.89. The maximum absolute atomic E-state index is 14.0. The van der Waals surface area contributed by atoms with Crippen LogP contribution in [-0.2, 0) is 27.7 Å². The highest BCUT2D eigenvalue weighted by Gasteiger charge is 2.36. The average molecular weight is 546 g/mol. The van der Waals surface area contributed by atoms with Gasteiger partial charge in [-0.05, 0) is 77.9 Å². The summed E-state index contributed by atoms with van der Waals surface area (Å²) in [5, 5.41) is 19.0. The van der Waals surface area contributed by atoms with E-state index in [0.29, 0.717) is 19.3 Å². The molecule has 1 aliphatic carbocycles. The van der Waals surface area contributed by atoms with E-state index in [1.54, 1.807) is 11.6 Å². The summed E-state index contributed by atoms with van der Waals surface area (Å²) >= 11 is 0. The van der Waals surface area contributed by atoms with Crippen LogP contribution in [0.5, 0.6) is 0 Å². The molecule has 3 aromatic carbocycles. The first-order valence-electron chi connectivity index (χ1n) is 12.4. The van der Waals surface area contributed by atoms with E-state index in [1.165, 1.54) is 34.6 Å². The third-order valence-corrected chi connectivity index (χ3v) is 9.00. The summed E-state index contributed by atoms with van der Waals surface area (Å²) in [4.78, 5) is 25.9. The lowest BCUT2D eigenvalue weighted by molar-refractivity contribution is -0.124. The molecule has 4 N–H and O–H groups in total. The number of sulfonamides is 1. The maximum atomic E-state index is 14.0. The Hall–Kier alpha value is -4.25. The van der Waals surface area contributed by atoms with Crippen LogP contribution >= 0.6 is 0 Å². The van der Waals surface area contributed by atoms with Crippen molar-refractivity contribution in [3.8, 4) is 0 Å². The van der Waals surface area contributed by atoms with E-state index in [4.69, 9.17) is 5.21 Å². The Morgan fingerprint density at radius 1 is 1.08 bits per heavy atom. The number of rotatable bonds is 9. The summed E-state index contributed by atoms with van der Waals surface area (Å²) < 4.78 is 29.5. The molecule has 1 unspecified atom stereocenters. The number of nitrogens with zero attached hydrogens (tertiary/aromatic N) is 1. The van der Waals surface area contributed by atoms with Gasteiger partial charge in [0.1, 0.15) is 0 Å². The molecule has 0 radical (unpaired) electrons. The smallest absolute Gasteiger partial charge is 0.335 e. The number of hydrogen-bond donors (Lipinski definition) is 4. The highest BCUT2D eigenvalue weighted by Crippen LogP contribution is 2.39. The number of aromatic amines is 1. The molecule has 1 aromatic heterocycles. The first-order valence-corrected chi connectivity index (χ1v) is 13.9. The van der Waals surface area contributed by atoms with Crippen molar-refractivity contribution in [2.45, 2.75) is 30.2 Å². The number of amides is 1. The molecule has 1 heterocycles. The second kappa shape index (κ2) is 10.9. The Morgan fingerprint density at radius 3 is 2.59 bits per heavy atom. The van der Waals surface area contributed by atoms with Gasteiger partial charge in [0.2, 0.25) is 10.0 Å². The number of hydroxylamine groups is 1. The molecular weight excluding hydrogens is 518 g/mol. The number of hydrogen-bond acceptors (Lipinski definition) is 5. The standard InChI is InChI=1S/C29H27N3O6S/c33-28(31-36)14-6-19-5-12-25-21(17-19)9-13-27(25)32(16-15-22-18-30-26-4-2-1-3-24(22)26)39(37,38)23-10-7-20(8-11-23)29(34)35/h1-8,10-12,14,17-18,27,30,36H,9,13,15-16H2,(H,31,33)(H,34,35). The molecule has 0 bridgehead atoms. The van der Waals surface area contributed by atoms with Crippen molar-refractivity contribution >= 4 is 38.9 Å². The third-order valence-electron chi connectivity index (χ3n) is 7.08. The topological polar surface area (TPSA) is 140 Å². The number of aryl methyl sites for hydroxylation is 1. The van der Waals surface area contributed by atoms with Crippen LogP contribution in [0, 0.1) is 0 Å². The molecule has 39 heavy (non-hydrogen) atoms. The average Bonchev–Trinajstić information content (AvgIpc) is 3.56. The van der Waals surface area contributed by atoms with E-state index in [1.807, 2.05) is 48.7 Å². The third kappa shape index (κ3) is 5.35. The normalized spacial score (nSPS) is 15.2. The second-order valence-electron chi connectivity index (χ2n) is 9.38. The van der Waals surface area contributed by atoms with Crippen molar-refractivity contribution in [1.82, 2.24) is 14.8 Å². The number of aromatic carboxylic acids is 1. The van der Waals surface area contributed by atoms with Crippen LogP contribution < -0.4 is 5.48 Å². The van der Waals surface area contributed by atoms with Gasteiger partial charge in [-0.15, -0.1) is 0 Å². The molecule has 1 aliphatic rings. The number of benzene rings is 3. The molecule has 1 atom stereocenters. The molecule has 10 heteroatoms. The molecule has 1 amide bonds. The zero-order valence-electron chi connectivity index (χ0n) is 20.9. The van der Waals surface area contributed by atoms with E-state index in [2.05, 4.69) is 4.98 Å². The molecule has 0 saturated carbocycles. The second-order valence-corrected chi connectivity index (χ2v) is 11.3. The quantitative estimate of drug-likeness (QED) is 0.140. The van der Waals surface area contributed by atoms with Crippen LogP contribution in [0.15, 0.2) is 83.9 Å². The molecule has 0 aliphatic heterocycles. The Kier molecular flexibility index (Phi) is 7.34. The molecular formula is C29H27N3O6S. The molecule has 200 valence electrons. The molecule has 0 fully saturated rings. The number of aromatic nitrogens is 1. The number of H-pyrrole nitrogens is 1. The maximum Gasteiger partial charge on any atom is 0.335 e. The van der Waals surface area contributed by atoms with Crippen molar-refractivity contribution in [3.05, 3.63) is 107 Å². The van der Waals surface area contributed by atoms with Gasteiger partial charge in [-0.1, -0.05) is 36.4 Å². The van der Waals surface area contributed by atoms with E-state index >= 15 is 0 Å². The van der Waals surface area contributed by atoms with Gasteiger partial charge in [0.25, 0.3) is 5.91 Å². The van der Waals surface area contributed by atoms with E-state index in [0.717, 1.165) is 33.2 Å². The Bertz CT molecular complexity index is 1670. The summed E-state index contributed by atoms with van der Waals surface area (Å²) in [5.74, 6) is -1.77. The van der Waals surface area contributed by atoms with E-state index in [-0.39, 0.29) is 17.0 Å². The van der Waals surface area contributed by atoms with Crippen LogP contribution in [0.2, 0.25) is 0 Å². The summed E-state index contributed by atoms with van der Waals surface area (Å²) in [7, 11) is -3.98. The number of fused-ring (bicyclic) bond motifs is 2. The summed E-state index contributed by atoms with van der Waals surface area (Å²) in [5.41, 5.74) is 6.19. The highest BCUT2D eigenvalue weighted by atomic mass is 32.2. The minimum absolute atomic E-state index is 0.0148. The van der Waals surface area contributed by atoms with Gasteiger partial charge >= 0.3 is 5.97 Å². The van der Waals surface area contributed by atoms with Gasteiger partial charge < -0.3 is 10.1 Å². The molecule has 0 spiro atoms. The number of carboxylic acid groups (broad SMARTS) is 1. The fraction of sp³-hybridized carbons (Fsp3) is 0.172. The van der Waals surface area contributed by atoms with Crippen LogP contribution in [0.1, 0.15) is 45.1 Å². The van der Waals surface area contributed by atoms with Gasteiger partial charge in [-0.25, -0.2) is 18.7 Å². The Balaban J connectivity index is 1.49. The van der Waals surface area contributed by atoms with E-state index < -0.39 is 27.9 Å². The number of para-hydroxylation sites is 1. The largest absolute Gasteiger partial charge is 0.478 e. The number of nitrogens with one attached hydrogen (secondary N) is 2. The monoisotopic (exact) mass is 545 g/mol. The van der Waals surface area contributed by atoms with Gasteiger partial charge in [0, 0.05) is 29.7 Å². The fourth-order valence-electron chi connectivity index (χ4n) is 5.14. The molecule has 5 rings (SSSR count). The first kappa shape index (κ1) is 26.4. The number of carbonyl (C=O) groups is 2. The first-order chi connectivity index (χ1) is 18.8. The zero-order valence-corrected chi connectivity index (χ0v) is 21.7.